The minimum Gasteiger partial charge on any atom is -0.299 e. The maximum atomic E-state index is 13.1. The van der Waals surface area contributed by atoms with Gasteiger partial charge in [-0.3, -0.25) is 4.79 Å². The molecule has 0 bridgehead atoms. The van der Waals surface area contributed by atoms with E-state index < -0.39 is 0 Å². The van der Waals surface area contributed by atoms with Gasteiger partial charge in [0.05, 0.1) is 0 Å². The number of carbonyl (C=O) groups is 1. The lowest BCUT2D eigenvalue weighted by Gasteiger charge is -2.32. The zero-order valence-corrected chi connectivity index (χ0v) is 18.4. The molecule has 2 unspecified atom stereocenters. The van der Waals surface area contributed by atoms with Crippen LogP contribution in [0.5, 0.6) is 0 Å². The third-order valence-corrected chi connectivity index (χ3v) is 5.92. The Bertz CT molecular complexity index is 751. The van der Waals surface area contributed by atoms with Crippen molar-refractivity contribution in [3.8, 4) is 0 Å². The molecule has 0 radical (unpaired) electrons. The molecule has 0 saturated carbocycles. The van der Waals surface area contributed by atoms with Gasteiger partial charge in [-0.1, -0.05) is 71.0 Å². The first-order valence-electron chi connectivity index (χ1n) is 10.4. The van der Waals surface area contributed by atoms with Gasteiger partial charge in [0.2, 0.25) is 0 Å². The van der Waals surface area contributed by atoms with Crippen molar-refractivity contribution in [1.29, 1.82) is 0 Å². The molecule has 2 aromatic carbocycles. The molecule has 0 aliphatic rings. The summed E-state index contributed by atoms with van der Waals surface area (Å²) >= 11 is 0. The molecule has 0 spiro atoms. The summed E-state index contributed by atoms with van der Waals surface area (Å²) < 4.78 is 0. The number of hydrogen-bond acceptors (Lipinski definition) is 1. The Morgan fingerprint density at radius 2 is 1.26 bits per heavy atom. The molecule has 2 atom stereocenters. The summed E-state index contributed by atoms with van der Waals surface area (Å²) in [5.41, 5.74) is 7.87. The summed E-state index contributed by atoms with van der Waals surface area (Å²) in [6.45, 7) is 17.3. The molecule has 0 aromatic heterocycles. The third-order valence-electron chi connectivity index (χ3n) is 5.92. The molecule has 1 nitrogen and oxygen atoms in total. The van der Waals surface area contributed by atoms with Crippen LogP contribution in [0.15, 0.2) is 36.4 Å². The lowest BCUT2D eigenvalue weighted by molar-refractivity contribution is -0.119. The second kappa shape index (κ2) is 8.87. The van der Waals surface area contributed by atoms with Gasteiger partial charge in [0.1, 0.15) is 5.78 Å². The molecule has 0 N–H and O–H groups in total. The molecule has 0 amide bonds. The Morgan fingerprint density at radius 3 is 1.63 bits per heavy atom. The van der Waals surface area contributed by atoms with Crippen molar-refractivity contribution in [3.63, 3.8) is 0 Å². The topological polar surface area (TPSA) is 17.1 Å². The first-order chi connectivity index (χ1) is 12.7. The van der Waals surface area contributed by atoms with Crippen LogP contribution >= 0.6 is 0 Å². The molecule has 0 heterocycles. The van der Waals surface area contributed by atoms with Crippen molar-refractivity contribution in [1.82, 2.24) is 0 Å². The first kappa shape index (κ1) is 21.4. The van der Waals surface area contributed by atoms with Gasteiger partial charge in [0, 0.05) is 5.92 Å². The minimum atomic E-state index is -0.0919. The Labute approximate surface area is 166 Å². The van der Waals surface area contributed by atoms with E-state index in [1.54, 1.807) is 6.92 Å². The monoisotopic (exact) mass is 364 g/mol. The molecule has 0 aliphatic carbocycles. The van der Waals surface area contributed by atoms with Crippen LogP contribution in [0.1, 0.15) is 105 Å². The minimum absolute atomic E-state index is 0.0919. The average molecular weight is 365 g/mol. The fourth-order valence-electron chi connectivity index (χ4n) is 4.67. The van der Waals surface area contributed by atoms with Crippen LogP contribution in [0, 0.1) is 13.8 Å². The lowest BCUT2D eigenvalue weighted by atomic mass is 9.70. The Morgan fingerprint density at radius 1 is 0.815 bits per heavy atom. The van der Waals surface area contributed by atoms with Crippen molar-refractivity contribution in [2.75, 3.05) is 0 Å². The first-order valence-corrected chi connectivity index (χ1v) is 10.4. The Balaban J connectivity index is 2.80. The van der Waals surface area contributed by atoms with Gasteiger partial charge in [0.15, 0.2) is 0 Å². The summed E-state index contributed by atoms with van der Waals surface area (Å²) in [4.78, 5) is 13.1. The molecule has 0 aliphatic heterocycles. The van der Waals surface area contributed by atoms with Gasteiger partial charge in [-0.15, -0.1) is 0 Å². The number of ketones is 1. The number of aryl methyl sites for hydroxylation is 2. The summed E-state index contributed by atoms with van der Waals surface area (Å²) in [5.74, 6) is 1.19. The molecule has 2 aromatic rings. The van der Waals surface area contributed by atoms with E-state index in [2.05, 4.69) is 84.9 Å². The number of hydrogen-bond donors (Lipinski definition) is 0. The highest BCUT2D eigenvalue weighted by Gasteiger charge is 2.33. The van der Waals surface area contributed by atoms with E-state index in [-0.39, 0.29) is 17.6 Å². The summed E-state index contributed by atoms with van der Waals surface area (Å²) in [7, 11) is 0. The smallest absolute Gasteiger partial charge is 0.137 e. The fourth-order valence-corrected chi connectivity index (χ4v) is 4.67. The molecular formula is C26H36O. The zero-order chi connectivity index (χ0) is 20.3. The SMILES string of the molecule is CCC(c1c(C)cccc1C)C(C(C)=O)c1c(C(C)C)cccc1C(C)C. The molecule has 0 saturated heterocycles. The van der Waals surface area contributed by atoms with Crippen molar-refractivity contribution in [3.05, 3.63) is 69.8 Å². The molecule has 27 heavy (non-hydrogen) atoms. The number of rotatable bonds is 7. The molecule has 1 heteroatoms. The van der Waals surface area contributed by atoms with Crippen LogP contribution in [0.25, 0.3) is 0 Å². The van der Waals surface area contributed by atoms with E-state index in [0.717, 1.165) is 6.42 Å². The van der Waals surface area contributed by atoms with Gasteiger partial charge in [0.25, 0.3) is 0 Å². The van der Waals surface area contributed by atoms with Crippen LogP contribution < -0.4 is 0 Å². The normalized spacial score (nSPS) is 13.9. The molecule has 0 fully saturated rings. The maximum absolute atomic E-state index is 13.1. The Kier molecular flexibility index (Phi) is 7.03. The van der Waals surface area contributed by atoms with Crippen molar-refractivity contribution >= 4 is 5.78 Å². The zero-order valence-electron chi connectivity index (χ0n) is 18.4. The quantitative estimate of drug-likeness (QED) is 0.499. The van der Waals surface area contributed by atoms with E-state index in [1.807, 2.05) is 0 Å². The fraction of sp³-hybridized carbons (Fsp3) is 0.500. The molecular weight excluding hydrogens is 328 g/mol. The van der Waals surface area contributed by atoms with Gasteiger partial charge in [-0.25, -0.2) is 0 Å². The second-order valence-corrected chi connectivity index (χ2v) is 8.57. The van der Waals surface area contributed by atoms with Crippen LogP contribution in [-0.2, 0) is 4.79 Å². The maximum Gasteiger partial charge on any atom is 0.137 e. The van der Waals surface area contributed by atoms with Gasteiger partial charge in [-0.2, -0.15) is 0 Å². The highest BCUT2D eigenvalue weighted by Crippen LogP contribution is 2.44. The van der Waals surface area contributed by atoms with E-state index >= 15 is 0 Å². The number of carbonyl (C=O) groups excluding carboxylic acids is 1. The van der Waals surface area contributed by atoms with Gasteiger partial charge in [-0.05, 0) is 78.3 Å². The van der Waals surface area contributed by atoms with E-state index in [4.69, 9.17) is 0 Å². The predicted molar refractivity (Wildman–Crippen MR) is 117 cm³/mol. The predicted octanol–water partition coefficient (Wildman–Crippen LogP) is 7.42. The highest BCUT2D eigenvalue weighted by molar-refractivity contribution is 5.86. The van der Waals surface area contributed by atoms with Crippen molar-refractivity contribution in [2.45, 2.75) is 85.5 Å². The summed E-state index contributed by atoms with van der Waals surface area (Å²) in [5, 5.41) is 0. The standard InChI is InChI=1S/C26H36O/c1-9-21(24-18(6)12-10-13-19(24)7)25(20(8)27)26-22(16(2)3)14-11-15-23(26)17(4)5/h10-17,21,25H,9H2,1-8H3. The number of Topliss-reactive ketones (excluding diaryl/α,β-unsaturated/α-hetero) is 1. The van der Waals surface area contributed by atoms with Crippen LogP contribution in [0.3, 0.4) is 0 Å². The van der Waals surface area contributed by atoms with Gasteiger partial charge < -0.3 is 0 Å². The van der Waals surface area contributed by atoms with Crippen LogP contribution in [0.2, 0.25) is 0 Å². The van der Waals surface area contributed by atoms with E-state index in [9.17, 15) is 4.79 Å². The lowest BCUT2D eigenvalue weighted by Crippen LogP contribution is -2.23. The van der Waals surface area contributed by atoms with Gasteiger partial charge >= 0.3 is 0 Å². The number of benzene rings is 2. The highest BCUT2D eigenvalue weighted by atomic mass is 16.1. The third kappa shape index (κ3) is 4.34. The van der Waals surface area contributed by atoms with Crippen molar-refractivity contribution < 1.29 is 4.79 Å². The molecule has 146 valence electrons. The van der Waals surface area contributed by atoms with Crippen LogP contribution in [-0.4, -0.2) is 5.78 Å². The van der Waals surface area contributed by atoms with Crippen molar-refractivity contribution in [2.24, 2.45) is 0 Å². The average Bonchev–Trinajstić information content (AvgIpc) is 2.59. The van der Waals surface area contributed by atoms with Crippen LogP contribution in [0.4, 0.5) is 0 Å². The van der Waals surface area contributed by atoms with E-state index in [0.29, 0.717) is 11.8 Å². The Hall–Kier alpha value is -1.89. The molecule has 2 rings (SSSR count). The summed E-state index contributed by atoms with van der Waals surface area (Å²) in [6.07, 6.45) is 0.958. The largest absolute Gasteiger partial charge is 0.299 e. The summed E-state index contributed by atoms with van der Waals surface area (Å²) in [6, 6.07) is 13.1. The van der Waals surface area contributed by atoms with E-state index in [1.165, 1.54) is 33.4 Å². The second-order valence-electron chi connectivity index (χ2n) is 8.57.